The molecule has 2 amide bonds. The van der Waals surface area contributed by atoms with E-state index < -0.39 is 0 Å². The third kappa shape index (κ3) is 12.2. The molecular weight excluding hydrogens is 516 g/mol. The molecule has 4 rings (SSSR count). The van der Waals surface area contributed by atoms with E-state index in [9.17, 15) is 19.2 Å². The third-order valence-electron chi connectivity index (χ3n) is 4.97. The summed E-state index contributed by atoms with van der Waals surface area (Å²) in [5.41, 5.74) is 1.94. The summed E-state index contributed by atoms with van der Waals surface area (Å²) in [6.45, 7) is 5.47. The van der Waals surface area contributed by atoms with Crippen LogP contribution in [0.2, 0.25) is 0 Å². The van der Waals surface area contributed by atoms with Gasteiger partial charge in [0.2, 0.25) is 0 Å². The van der Waals surface area contributed by atoms with Gasteiger partial charge >= 0.3 is 12.2 Å². The molecular formula is C26H33N2O7S2-. The summed E-state index contributed by atoms with van der Waals surface area (Å²) < 4.78 is 10.2. The van der Waals surface area contributed by atoms with E-state index in [-0.39, 0.29) is 41.8 Å². The minimum Gasteiger partial charge on any atom is -1.00 e. The fraction of sp³-hybridized carbons (Fsp3) is 0.385. The van der Waals surface area contributed by atoms with Gasteiger partial charge in [-0.2, -0.15) is 0 Å². The van der Waals surface area contributed by atoms with Gasteiger partial charge in [-0.1, -0.05) is 72.4 Å². The van der Waals surface area contributed by atoms with Crippen LogP contribution in [0.5, 0.6) is 0 Å². The maximum Gasteiger partial charge on any atom is 0.410 e. The first-order valence-electron chi connectivity index (χ1n) is 11.6. The molecule has 0 saturated carbocycles. The second-order valence-corrected chi connectivity index (χ2v) is 10.4. The van der Waals surface area contributed by atoms with E-state index in [1.807, 2.05) is 60.7 Å². The highest BCUT2D eigenvalue weighted by molar-refractivity contribution is 8.14. The van der Waals surface area contributed by atoms with Gasteiger partial charge in [0.1, 0.15) is 13.2 Å². The average Bonchev–Trinajstić information content (AvgIpc) is 2.82. The van der Waals surface area contributed by atoms with Crippen LogP contribution in [0.4, 0.5) is 9.59 Å². The van der Waals surface area contributed by atoms with E-state index in [4.69, 9.17) is 14.6 Å². The molecule has 2 saturated heterocycles. The number of β-amino-alcohol motifs (C(OH)–C–C–N with tert-alkyl or cyclic N) is 1. The summed E-state index contributed by atoms with van der Waals surface area (Å²) >= 11 is 4.62. The van der Waals surface area contributed by atoms with Gasteiger partial charge in [0.05, 0.1) is 19.2 Å². The summed E-state index contributed by atoms with van der Waals surface area (Å²) in [4.78, 5) is 46.2. The number of thiol groups is 1. The summed E-state index contributed by atoms with van der Waals surface area (Å²) in [6.07, 6.45) is -1.04. The smallest absolute Gasteiger partial charge is 0.410 e. The largest absolute Gasteiger partial charge is 1.00 e. The zero-order valence-electron chi connectivity index (χ0n) is 21.8. The number of hydrogen-bond donors (Lipinski definition) is 2. The number of carbonyl (C=O) groups excluding carboxylic acids is 4. The minimum atomic E-state index is -0.380. The second-order valence-electron chi connectivity index (χ2n) is 8.29. The van der Waals surface area contributed by atoms with Crippen LogP contribution < -0.4 is 0 Å². The van der Waals surface area contributed by atoms with Gasteiger partial charge in [0.25, 0.3) is 0 Å². The molecule has 0 spiro atoms. The molecule has 0 bridgehead atoms. The first kappa shape index (κ1) is 30.2. The van der Waals surface area contributed by atoms with Crippen molar-refractivity contribution in [3.63, 3.8) is 0 Å². The predicted octanol–water partition coefficient (Wildman–Crippen LogP) is 3.86. The fourth-order valence-corrected chi connectivity index (χ4v) is 4.10. The third-order valence-corrected chi connectivity index (χ3v) is 5.93. The van der Waals surface area contributed by atoms with Crippen LogP contribution in [0.25, 0.3) is 0 Å². The Morgan fingerprint density at radius 1 is 0.838 bits per heavy atom. The zero-order valence-corrected chi connectivity index (χ0v) is 22.5. The number of carbonyl (C=O) groups is 4. The number of nitrogens with zero attached hydrogens (tertiary/aromatic N) is 2. The van der Waals surface area contributed by atoms with Crippen molar-refractivity contribution in [1.82, 2.24) is 9.80 Å². The Balaban J connectivity index is 0.000000329. The lowest BCUT2D eigenvalue weighted by atomic mass is 10.2. The molecule has 202 valence electrons. The van der Waals surface area contributed by atoms with Crippen LogP contribution >= 0.6 is 24.4 Å². The Kier molecular flexibility index (Phi) is 13.0. The van der Waals surface area contributed by atoms with Gasteiger partial charge in [0, 0.05) is 32.2 Å². The van der Waals surface area contributed by atoms with Crippen LogP contribution in [-0.2, 0) is 32.3 Å². The van der Waals surface area contributed by atoms with E-state index >= 15 is 0 Å². The molecule has 9 nitrogen and oxygen atoms in total. The maximum absolute atomic E-state index is 11.6. The van der Waals surface area contributed by atoms with E-state index in [0.717, 1.165) is 11.1 Å². The number of aliphatic hydroxyl groups excluding tert-OH is 1. The molecule has 0 aromatic heterocycles. The highest BCUT2D eigenvalue weighted by atomic mass is 32.2. The lowest BCUT2D eigenvalue weighted by Crippen LogP contribution is -2.53. The normalized spacial score (nSPS) is 14.5. The molecule has 0 aliphatic carbocycles. The zero-order chi connectivity index (χ0) is 27.2. The monoisotopic (exact) mass is 550 g/mol. The second kappa shape index (κ2) is 16.0. The first-order chi connectivity index (χ1) is 17.6. The number of likely N-dealkylation sites (tertiary alicyclic amines) is 2. The van der Waals surface area contributed by atoms with Crippen LogP contribution in [0, 0.1) is 0 Å². The van der Waals surface area contributed by atoms with Crippen LogP contribution in [0.1, 0.15) is 26.4 Å². The highest BCUT2D eigenvalue weighted by Gasteiger charge is 2.33. The van der Waals surface area contributed by atoms with Gasteiger partial charge in [-0.25, -0.2) is 9.59 Å². The van der Waals surface area contributed by atoms with Crippen molar-refractivity contribution in [2.45, 2.75) is 38.4 Å². The molecule has 2 aliphatic rings. The average molecular weight is 551 g/mol. The van der Waals surface area contributed by atoms with Crippen LogP contribution in [-0.4, -0.2) is 74.9 Å². The Labute approximate surface area is 228 Å². The number of thioether (sulfide) groups is 1. The summed E-state index contributed by atoms with van der Waals surface area (Å²) in [6, 6.07) is 19.1. The SMILES string of the molecule is CC(=O)S.CC(=O)SC1CN(C(=O)OCc2ccccc2)C1.O=C(OCc1ccccc1)N1CC(O)C1.[2H-]. The van der Waals surface area contributed by atoms with Gasteiger partial charge < -0.3 is 25.8 Å². The Hall–Kier alpha value is -3.02. The lowest BCUT2D eigenvalue weighted by Gasteiger charge is -2.37. The van der Waals surface area contributed by atoms with Crippen molar-refractivity contribution >= 4 is 46.8 Å². The van der Waals surface area contributed by atoms with Gasteiger partial charge in [-0.3, -0.25) is 9.59 Å². The van der Waals surface area contributed by atoms with Gasteiger partial charge in [0.15, 0.2) is 10.2 Å². The van der Waals surface area contributed by atoms with Crippen molar-refractivity contribution < 1.29 is 35.2 Å². The Bertz CT molecular complexity index is 1010. The van der Waals surface area contributed by atoms with Crippen LogP contribution in [0.15, 0.2) is 60.7 Å². The Morgan fingerprint density at radius 2 is 1.22 bits per heavy atom. The summed E-state index contributed by atoms with van der Waals surface area (Å²) in [5, 5.41) is 9.19. The van der Waals surface area contributed by atoms with Crippen molar-refractivity contribution in [3.8, 4) is 0 Å². The Morgan fingerprint density at radius 3 is 1.57 bits per heavy atom. The molecule has 37 heavy (non-hydrogen) atoms. The molecule has 1 N–H and O–H groups in total. The van der Waals surface area contributed by atoms with Gasteiger partial charge in [-0.05, 0) is 11.1 Å². The molecule has 2 aromatic carbocycles. The standard InChI is InChI=1S/C13H15NO3S.C11H13NO3.C2H4OS.H/c1-10(15)18-12-7-14(8-12)13(16)17-9-11-5-3-2-4-6-11;13-10-6-12(7-10)11(14)15-8-9-4-2-1-3-5-9;1-2(3)4;/h2-6,12H,7-9H2,1H3;1-5,10,13H,6-8H2;1H3,(H,3,4);/q;;;-1/i;;;1+1. The topological polar surface area (TPSA) is 113 Å². The van der Waals surface area contributed by atoms with Crippen molar-refractivity contribution in [2.24, 2.45) is 0 Å². The number of aliphatic hydroxyl groups is 1. The minimum absolute atomic E-state index is 0. The summed E-state index contributed by atoms with van der Waals surface area (Å²) in [7, 11) is 0. The summed E-state index contributed by atoms with van der Waals surface area (Å²) in [5.74, 6) is 0. The van der Waals surface area contributed by atoms with E-state index in [1.165, 1.54) is 23.6 Å². The maximum atomic E-state index is 11.6. The molecule has 0 unspecified atom stereocenters. The predicted molar refractivity (Wildman–Crippen MR) is 145 cm³/mol. The highest BCUT2D eigenvalue weighted by Crippen LogP contribution is 2.23. The van der Waals surface area contributed by atoms with E-state index in [2.05, 4.69) is 12.6 Å². The fourth-order valence-electron chi connectivity index (χ4n) is 3.12. The van der Waals surface area contributed by atoms with E-state index in [0.29, 0.717) is 32.8 Å². The number of amides is 2. The van der Waals surface area contributed by atoms with Crippen molar-refractivity contribution in [2.75, 3.05) is 26.2 Å². The van der Waals surface area contributed by atoms with Crippen LogP contribution in [0.3, 0.4) is 0 Å². The number of benzene rings is 2. The molecule has 2 fully saturated rings. The van der Waals surface area contributed by atoms with Crippen molar-refractivity contribution in [1.29, 1.82) is 0 Å². The molecule has 2 aliphatic heterocycles. The number of hydrogen-bond acceptors (Lipinski definition) is 8. The quantitative estimate of drug-likeness (QED) is 0.540. The number of rotatable bonds is 5. The molecule has 11 heteroatoms. The molecule has 2 aromatic rings. The number of ether oxygens (including phenoxy) is 2. The molecule has 2 heterocycles. The molecule has 0 radical (unpaired) electrons. The molecule has 0 atom stereocenters. The van der Waals surface area contributed by atoms with Crippen molar-refractivity contribution in [3.05, 3.63) is 71.8 Å². The van der Waals surface area contributed by atoms with E-state index in [1.54, 1.807) is 11.8 Å². The first-order valence-corrected chi connectivity index (χ1v) is 12.9. The van der Waals surface area contributed by atoms with Gasteiger partial charge in [-0.15, -0.1) is 12.6 Å². The lowest BCUT2D eigenvalue weighted by molar-refractivity contribution is -0.109.